The van der Waals surface area contributed by atoms with Crippen LogP contribution < -0.4 is 5.73 Å². The van der Waals surface area contributed by atoms with Crippen LogP contribution in [0.15, 0.2) is 0 Å². The molecule has 1 fully saturated rings. The summed E-state index contributed by atoms with van der Waals surface area (Å²) in [7, 11) is 1.56. The Labute approximate surface area is 91.1 Å². The van der Waals surface area contributed by atoms with Gasteiger partial charge in [-0.2, -0.15) is 0 Å². The lowest BCUT2D eigenvalue weighted by Crippen LogP contribution is -2.34. The molecule has 0 aliphatic carbocycles. The SMILES string of the molecule is COCC(N)C(=O)CCCC1CCCO1. The van der Waals surface area contributed by atoms with E-state index in [-0.39, 0.29) is 5.78 Å². The lowest BCUT2D eigenvalue weighted by molar-refractivity contribution is -0.121. The van der Waals surface area contributed by atoms with Gasteiger partial charge in [-0.05, 0) is 25.7 Å². The lowest BCUT2D eigenvalue weighted by Gasteiger charge is -2.11. The van der Waals surface area contributed by atoms with Crippen molar-refractivity contribution < 1.29 is 14.3 Å². The van der Waals surface area contributed by atoms with Gasteiger partial charge < -0.3 is 15.2 Å². The Balaban J connectivity index is 2.05. The number of methoxy groups -OCH3 is 1. The molecule has 0 radical (unpaired) electrons. The fourth-order valence-corrected chi connectivity index (χ4v) is 1.83. The summed E-state index contributed by atoms with van der Waals surface area (Å²) in [6.45, 7) is 1.20. The maximum atomic E-state index is 11.5. The highest BCUT2D eigenvalue weighted by Crippen LogP contribution is 2.17. The van der Waals surface area contributed by atoms with Gasteiger partial charge in [0.25, 0.3) is 0 Å². The van der Waals surface area contributed by atoms with Gasteiger partial charge in [0.05, 0.1) is 18.8 Å². The van der Waals surface area contributed by atoms with Gasteiger partial charge >= 0.3 is 0 Å². The normalized spacial score (nSPS) is 22.9. The fraction of sp³-hybridized carbons (Fsp3) is 0.909. The Morgan fingerprint density at radius 3 is 3.07 bits per heavy atom. The predicted molar refractivity (Wildman–Crippen MR) is 57.7 cm³/mol. The molecule has 0 saturated carbocycles. The van der Waals surface area contributed by atoms with E-state index in [1.54, 1.807) is 7.11 Å². The second-order valence-electron chi connectivity index (χ2n) is 4.06. The highest BCUT2D eigenvalue weighted by Gasteiger charge is 2.17. The van der Waals surface area contributed by atoms with Crippen LogP contribution in [0.1, 0.15) is 32.1 Å². The minimum Gasteiger partial charge on any atom is -0.383 e. The average molecular weight is 215 g/mol. The van der Waals surface area contributed by atoms with Crippen molar-refractivity contribution in [3.63, 3.8) is 0 Å². The maximum absolute atomic E-state index is 11.5. The van der Waals surface area contributed by atoms with Crippen LogP contribution in [0.3, 0.4) is 0 Å². The molecule has 2 N–H and O–H groups in total. The summed E-state index contributed by atoms with van der Waals surface area (Å²) in [5.74, 6) is 0.0925. The van der Waals surface area contributed by atoms with Crippen molar-refractivity contribution >= 4 is 5.78 Å². The Morgan fingerprint density at radius 2 is 2.47 bits per heavy atom. The van der Waals surface area contributed by atoms with Crippen LogP contribution in [0, 0.1) is 0 Å². The third-order valence-corrected chi connectivity index (χ3v) is 2.73. The van der Waals surface area contributed by atoms with Gasteiger partial charge in [-0.3, -0.25) is 4.79 Å². The Kier molecular flexibility index (Phi) is 5.83. The van der Waals surface area contributed by atoms with E-state index >= 15 is 0 Å². The van der Waals surface area contributed by atoms with E-state index in [9.17, 15) is 4.79 Å². The molecular weight excluding hydrogens is 194 g/mol. The summed E-state index contributed by atoms with van der Waals surface area (Å²) < 4.78 is 10.3. The maximum Gasteiger partial charge on any atom is 0.151 e. The average Bonchev–Trinajstić information content (AvgIpc) is 2.71. The highest BCUT2D eigenvalue weighted by molar-refractivity contribution is 5.83. The van der Waals surface area contributed by atoms with E-state index in [1.807, 2.05) is 0 Å². The van der Waals surface area contributed by atoms with Gasteiger partial charge in [0.15, 0.2) is 5.78 Å². The van der Waals surface area contributed by atoms with E-state index in [4.69, 9.17) is 15.2 Å². The second-order valence-corrected chi connectivity index (χ2v) is 4.06. The van der Waals surface area contributed by atoms with Crippen molar-refractivity contribution in [1.29, 1.82) is 0 Å². The van der Waals surface area contributed by atoms with Crippen LogP contribution in [-0.2, 0) is 14.3 Å². The van der Waals surface area contributed by atoms with E-state index < -0.39 is 6.04 Å². The minimum absolute atomic E-state index is 0.0925. The summed E-state index contributed by atoms with van der Waals surface area (Å²) in [6, 6.07) is -0.459. The smallest absolute Gasteiger partial charge is 0.151 e. The number of hydrogen-bond acceptors (Lipinski definition) is 4. The van der Waals surface area contributed by atoms with E-state index in [1.165, 1.54) is 0 Å². The Bertz CT molecular complexity index is 190. The van der Waals surface area contributed by atoms with Gasteiger partial charge in [-0.1, -0.05) is 0 Å². The third-order valence-electron chi connectivity index (χ3n) is 2.73. The molecule has 0 spiro atoms. The molecule has 0 bridgehead atoms. The highest BCUT2D eigenvalue weighted by atomic mass is 16.5. The molecule has 15 heavy (non-hydrogen) atoms. The molecule has 1 aliphatic heterocycles. The molecule has 4 heteroatoms. The number of Topliss-reactive ketones (excluding diaryl/α,β-unsaturated/α-hetero) is 1. The molecule has 0 aromatic rings. The molecule has 1 rings (SSSR count). The summed E-state index contributed by atoms with van der Waals surface area (Å²) in [5, 5.41) is 0. The second kappa shape index (κ2) is 6.93. The molecule has 1 aliphatic rings. The zero-order chi connectivity index (χ0) is 11.1. The zero-order valence-electron chi connectivity index (χ0n) is 9.41. The molecule has 88 valence electrons. The van der Waals surface area contributed by atoms with Gasteiger partial charge in [-0.15, -0.1) is 0 Å². The van der Waals surface area contributed by atoms with Crippen molar-refractivity contribution in [2.75, 3.05) is 20.3 Å². The number of ether oxygens (including phenoxy) is 2. The van der Waals surface area contributed by atoms with Crippen LogP contribution in [0.25, 0.3) is 0 Å². The van der Waals surface area contributed by atoms with E-state index in [0.717, 1.165) is 32.3 Å². The molecule has 4 nitrogen and oxygen atoms in total. The number of nitrogens with two attached hydrogens (primary N) is 1. The summed E-state index contributed by atoms with van der Waals surface area (Å²) in [4.78, 5) is 11.5. The lowest BCUT2D eigenvalue weighted by atomic mass is 10.0. The first-order valence-electron chi connectivity index (χ1n) is 5.63. The first kappa shape index (κ1) is 12.6. The van der Waals surface area contributed by atoms with Crippen molar-refractivity contribution in [3.05, 3.63) is 0 Å². The molecule has 0 amide bonds. The standard InChI is InChI=1S/C11H21NO3/c1-14-8-10(12)11(13)6-2-4-9-5-3-7-15-9/h9-10H,2-8,12H2,1H3. The van der Waals surface area contributed by atoms with Gasteiger partial charge in [-0.25, -0.2) is 0 Å². The predicted octanol–water partition coefficient (Wildman–Crippen LogP) is 0.878. The van der Waals surface area contributed by atoms with Crippen LogP contribution in [0.5, 0.6) is 0 Å². The van der Waals surface area contributed by atoms with Crippen molar-refractivity contribution in [2.45, 2.75) is 44.2 Å². The first-order chi connectivity index (χ1) is 7.24. The summed E-state index contributed by atoms with van der Waals surface area (Å²) >= 11 is 0. The fourth-order valence-electron chi connectivity index (χ4n) is 1.83. The summed E-state index contributed by atoms with van der Waals surface area (Å²) in [6.07, 6.45) is 5.06. The number of rotatable bonds is 7. The van der Waals surface area contributed by atoms with Gasteiger partial charge in [0.2, 0.25) is 0 Å². The molecular formula is C11H21NO3. The number of hydrogen-bond donors (Lipinski definition) is 1. The number of carbonyl (C=O) groups excluding carboxylic acids is 1. The quantitative estimate of drug-likeness (QED) is 0.684. The molecule has 0 aromatic carbocycles. The van der Waals surface area contributed by atoms with Crippen LogP contribution in [-0.4, -0.2) is 38.3 Å². The molecule has 1 saturated heterocycles. The summed E-state index contributed by atoms with van der Waals surface area (Å²) in [5.41, 5.74) is 5.62. The molecule has 1 heterocycles. The van der Waals surface area contributed by atoms with Crippen LogP contribution in [0.4, 0.5) is 0 Å². The third kappa shape index (κ3) is 4.73. The van der Waals surface area contributed by atoms with Crippen molar-refractivity contribution in [2.24, 2.45) is 5.73 Å². The van der Waals surface area contributed by atoms with Crippen LogP contribution in [0.2, 0.25) is 0 Å². The largest absolute Gasteiger partial charge is 0.383 e. The van der Waals surface area contributed by atoms with Crippen molar-refractivity contribution in [1.82, 2.24) is 0 Å². The van der Waals surface area contributed by atoms with E-state index in [0.29, 0.717) is 19.1 Å². The topological polar surface area (TPSA) is 61.5 Å². The first-order valence-corrected chi connectivity index (χ1v) is 5.63. The Hall–Kier alpha value is -0.450. The zero-order valence-corrected chi connectivity index (χ0v) is 9.41. The minimum atomic E-state index is -0.459. The molecule has 2 atom stereocenters. The number of ketones is 1. The monoisotopic (exact) mass is 215 g/mol. The molecule has 2 unspecified atom stereocenters. The molecule has 0 aromatic heterocycles. The van der Waals surface area contributed by atoms with E-state index in [2.05, 4.69) is 0 Å². The van der Waals surface area contributed by atoms with Crippen LogP contribution >= 0.6 is 0 Å². The van der Waals surface area contributed by atoms with Crippen molar-refractivity contribution in [3.8, 4) is 0 Å². The van der Waals surface area contributed by atoms with Gasteiger partial charge in [0, 0.05) is 20.1 Å². The Morgan fingerprint density at radius 1 is 1.67 bits per heavy atom. The van der Waals surface area contributed by atoms with Gasteiger partial charge in [0.1, 0.15) is 0 Å². The number of carbonyl (C=O) groups is 1.